The van der Waals surface area contributed by atoms with Crippen molar-refractivity contribution in [3.05, 3.63) is 94.9 Å². The number of rotatable bonds is 4. The van der Waals surface area contributed by atoms with Gasteiger partial charge in [0.1, 0.15) is 5.75 Å². The van der Waals surface area contributed by atoms with E-state index in [1.807, 2.05) is 66.9 Å². The second-order valence-electron chi connectivity index (χ2n) is 5.91. The summed E-state index contributed by atoms with van der Waals surface area (Å²) in [5.41, 5.74) is 3.91. The van der Waals surface area contributed by atoms with Crippen LogP contribution in [0, 0.1) is 0 Å². The molecule has 0 N–H and O–H groups in total. The zero-order chi connectivity index (χ0) is 17.2. The van der Waals surface area contributed by atoms with Gasteiger partial charge in [-0.2, -0.15) is 0 Å². The summed E-state index contributed by atoms with van der Waals surface area (Å²) in [5.74, 6) is 0.843. The Hall–Kier alpha value is -3.27. The van der Waals surface area contributed by atoms with Gasteiger partial charge < -0.3 is 9.30 Å². The summed E-state index contributed by atoms with van der Waals surface area (Å²) in [5, 5.41) is 0. The lowest BCUT2D eigenvalue weighted by molar-refractivity contribution is 0.414. The second-order valence-corrected chi connectivity index (χ2v) is 5.91. The van der Waals surface area contributed by atoms with Gasteiger partial charge >= 0.3 is 0 Å². The molecule has 0 saturated carbocycles. The molecule has 2 aromatic heterocycles. The van der Waals surface area contributed by atoms with Crippen molar-refractivity contribution in [3.63, 3.8) is 0 Å². The van der Waals surface area contributed by atoms with E-state index in [0.717, 1.165) is 28.0 Å². The van der Waals surface area contributed by atoms with Crippen LogP contribution in [-0.4, -0.2) is 16.2 Å². The fraction of sp³-hybridized carbons (Fsp3) is 0.0952. The fourth-order valence-electron chi connectivity index (χ4n) is 3.14. The van der Waals surface area contributed by atoms with Gasteiger partial charge in [0, 0.05) is 24.5 Å². The third kappa shape index (κ3) is 2.83. The van der Waals surface area contributed by atoms with Crippen molar-refractivity contribution < 1.29 is 4.74 Å². The highest BCUT2D eigenvalue weighted by molar-refractivity contribution is 5.78. The number of para-hydroxylation sites is 1. The Morgan fingerprint density at radius 3 is 2.52 bits per heavy atom. The Labute approximate surface area is 145 Å². The molecular formula is C21H18N2O2. The number of methoxy groups -OCH3 is 1. The van der Waals surface area contributed by atoms with E-state index in [0.29, 0.717) is 6.54 Å². The van der Waals surface area contributed by atoms with Crippen molar-refractivity contribution in [2.45, 2.75) is 6.54 Å². The second kappa shape index (κ2) is 6.32. The molecule has 4 rings (SSSR count). The molecule has 0 aliphatic rings. The molecule has 0 radical (unpaired) electrons. The van der Waals surface area contributed by atoms with Crippen LogP contribution in [-0.2, 0) is 6.54 Å². The van der Waals surface area contributed by atoms with Crippen molar-refractivity contribution in [2.24, 2.45) is 0 Å². The van der Waals surface area contributed by atoms with Crippen LogP contribution in [0.1, 0.15) is 5.56 Å². The highest BCUT2D eigenvalue weighted by Gasteiger charge is 2.09. The normalized spacial score (nSPS) is 10.9. The van der Waals surface area contributed by atoms with Crippen molar-refractivity contribution >= 4 is 11.0 Å². The van der Waals surface area contributed by atoms with E-state index in [4.69, 9.17) is 4.74 Å². The van der Waals surface area contributed by atoms with Crippen LogP contribution in [0.3, 0.4) is 0 Å². The Bertz CT molecular complexity index is 1080. The van der Waals surface area contributed by atoms with E-state index in [9.17, 15) is 4.79 Å². The topological polar surface area (TPSA) is 36.2 Å². The highest BCUT2D eigenvalue weighted by Crippen LogP contribution is 2.20. The van der Waals surface area contributed by atoms with Gasteiger partial charge in [-0.15, -0.1) is 0 Å². The molecule has 0 saturated heterocycles. The largest absolute Gasteiger partial charge is 0.497 e. The molecule has 25 heavy (non-hydrogen) atoms. The summed E-state index contributed by atoms with van der Waals surface area (Å²) in [6, 6.07) is 23.2. The molecule has 0 atom stereocenters. The van der Waals surface area contributed by atoms with E-state index in [2.05, 4.69) is 10.6 Å². The predicted octanol–water partition coefficient (Wildman–Crippen LogP) is 3.85. The lowest BCUT2D eigenvalue weighted by Gasteiger charge is -2.10. The maximum Gasteiger partial charge on any atom is 0.255 e. The molecule has 0 aliphatic heterocycles. The molecular weight excluding hydrogens is 312 g/mol. The Balaban J connectivity index is 1.81. The third-order valence-electron chi connectivity index (χ3n) is 4.33. The quantitative estimate of drug-likeness (QED) is 0.570. The van der Waals surface area contributed by atoms with Gasteiger partial charge in [-0.3, -0.25) is 9.36 Å². The minimum Gasteiger partial charge on any atom is -0.497 e. The number of ether oxygens (including phenoxy) is 1. The lowest BCUT2D eigenvalue weighted by Crippen LogP contribution is -2.17. The van der Waals surface area contributed by atoms with Crippen LogP contribution in [0.4, 0.5) is 0 Å². The Kier molecular flexibility index (Phi) is 3.86. The standard InChI is InChI=1S/C21H18N2O2/c1-25-18-9-5-6-16(14-18)15-22-13-12-20-19(22)10-11-21(24)23(20)17-7-3-2-4-8-17/h2-14H,15H2,1H3. The van der Waals surface area contributed by atoms with Crippen LogP contribution in [0.5, 0.6) is 5.75 Å². The third-order valence-corrected chi connectivity index (χ3v) is 4.33. The first-order chi connectivity index (χ1) is 12.3. The minimum absolute atomic E-state index is 0.0298. The number of benzene rings is 2. The zero-order valence-electron chi connectivity index (χ0n) is 13.9. The van der Waals surface area contributed by atoms with Gasteiger partial charge in [0.25, 0.3) is 5.56 Å². The van der Waals surface area contributed by atoms with E-state index in [1.54, 1.807) is 17.7 Å². The summed E-state index contributed by atoms with van der Waals surface area (Å²) in [6.07, 6.45) is 2.02. The number of hydrogen-bond acceptors (Lipinski definition) is 2. The summed E-state index contributed by atoms with van der Waals surface area (Å²) < 4.78 is 9.19. The van der Waals surface area contributed by atoms with Crippen LogP contribution in [0.25, 0.3) is 16.7 Å². The fourth-order valence-corrected chi connectivity index (χ4v) is 3.14. The van der Waals surface area contributed by atoms with Crippen LogP contribution in [0.2, 0.25) is 0 Å². The monoisotopic (exact) mass is 330 g/mol. The summed E-state index contributed by atoms with van der Waals surface area (Å²) in [4.78, 5) is 12.4. The van der Waals surface area contributed by atoms with Gasteiger partial charge in [0.05, 0.1) is 18.1 Å². The molecule has 4 aromatic rings. The van der Waals surface area contributed by atoms with Crippen molar-refractivity contribution in [2.75, 3.05) is 7.11 Å². The SMILES string of the molecule is COc1cccc(Cn2ccc3c2ccc(=O)n3-c2ccccc2)c1. The molecule has 0 aliphatic carbocycles. The first-order valence-corrected chi connectivity index (χ1v) is 8.15. The minimum atomic E-state index is -0.0298. The number of pyridine rings is 1. The molecule has 4 heteroatoms. The number of fused-ring (bicyclic) bond motifs is 1. The van der Waals surface area contributed by atoms with Crippen LogP contribution in [0.15, 0.2) is 83.8 Å². The maximum absolute atomic E-state index is 12.4. The number of aromatic nitrogens is 2. The van der Waals surface area contributed by atoms with Crippen molar-refractivity contribution in [1.29, 1.82) is 0 Å². The van der Waals surface area contributed by atoms with Gasteiger partial charge in [-0.05, 0) is 42.0 Å². The van der Waals surface area contributed by atoms with Crippen molar-refractivity contribution in [3.8, 4) is 11.4 Å². The average molecular weight is 330 g/mol. The molecule has 0 spiro atoms. The smallest absolute Gasteiger partial charge is 0.255 e. The number of nitrogens with zero attached hydrogens (tertiary/aromatic N) is 2. The summed E-state index contributed by atoms with van der Waals surface area (Å²) >= 11 is 0. The molecule has 2 aromatic carbocycles. The zero-order valence-corrected chi connectivity index (χ0v) is 13.9. The van der Waals surface area contributed by atoms with E-state index < -0.39 is 0 Å². The van der Waals surface area contributed by atoms with E-state index in [1.165, 1.54) is 0 Å². The Morgan fingerprint density at radius 2 is 1.72 bits per heavy atom. The Morgan fingerprint density at radius 1 is 0.880 bits per heavy atom. The molecule has 0 bridgehead atoms. The summed E-state index contributed by atoms with van der Waals surface area (Å²) in [6.45, 7) is 0.716. The first kappa shape index (κ1) is 15.3. The molecule has 0 fully saturated rings. The van der Waals surface area contributed by atoms with E-state index in [-0.39, 0.29) is 5.56 Å². The maximum atomic E-state index is 12.4. The number of hydrogen-bond donors (Lipinski definition) is 0. The van der Waals surface area contributed by atoms with Crippen LogP contribution < -0.4 is 10.3 Å². The lowest BCUT2D eigenvalue weighted by atomic mass is 10.2. The van der Waals surface area contributed by atoms with Crippen LogP contribution >= 0.6 is 0 Å². The van der Waals surface area contributed by atoms with Gasteiger partial charge in [-0.25, -0.2) is 0 Å². The average Bonchev–Trinajstić information content (AvgIpc) is 3.05. The van der Waals surface area contributed by atoms with Gasteiger partial charge in [-0.1, -0.05) is 30.3 Å². The summed E-state index contributed by atoms with van der Waals surface area (Å²) in [7, 11) is 1.67. The van der Waals surface area contributed by atoms with E-state index >= 15 is 0 Å². The predicted molar refractivity (Wildman–Crippen MR) is 99.6 cm³/mol. The molecule has 4 nitrogen and oxygen atoms in total. The highest BCUT2D eigenvalue weighted by atomic mass is 16.5. The van der Waals surface area contributed by atoms with Crippen molar-refractivity contribution in [1.82, 2.24) is 9.13 Å². The molecule has 124 valence electrons. The molecule has 0 unspecified atom stereocenters. The molecule has 2 heterocycles. The first-order valence-electron chi connectivity index (χ1n) is 8.15. The molecule has 0 amide bonds. The van der Waals surface area contributed by atoms with Gasteiger partial charge in [0.2, 0.25) is 0 Å². The van der Waals surface area contributed by atoms with Gasteiger partial charge in [0.15, 0.2) is 0 Å².